The number of amides is 2. The molecule has 0 bridgehead atoms. The zero-order valence-electron chi connectivity index (χ0n) is 18.1. The number of nitrogens with one attached hydrogen (secondary N) is 1. The Balaban J connectivity index is 1.57. The minimum Gasteiger partial charge on any atom is -0.359 e. The number of halogens is 1. The van der Waals surface area contributed by atoms with E-state index in [1.165, 1.54) is 18.2 Å². The summed E-state index contributed by atoms with van der Waals surface area (Å²) < 4.78 is 13.6. The first-order valence-electron chi connectivity index (χ1n) is 10.8. The maximum atomic E-state index is 13.6. The zero-order valence-corrected chi connectivity index (χ0v) is 18.1. The highest BCUT2D eigenvalue weighted by Crippen LogP contribution is 2.38. The van der Waals surface area contributed by atoms with Crippen LogP contribution in [0.1, 0.15) is 28.8 Å². The van der Waals surface area contributed by atoms with Crippen LogP contribution in [0.3, 0.4) is 0 Å². The maximum absolute atomic E-state index is 13.6. The predicted octanol–water partition coefficient (Wildman–Crippen LogP) is 4.10. The van der Waals surface area contributed by atoms with Gasteiger partial charge in [-0.1, -0.05) is 30.3 Å². The van der Waals surface area contributed by atoms with Gasteiger partial charge in [0.2, 0.25) is 5.91 Å². The smallest absolute Gasteiger partial charge is 0.253 e. The van der Waals surface area contributed by atoms with Crippen molar-refractivity contribution >= 4 is 11.8 Å². The van der Waals surface area contributed by atoms with Crippen LogP contribution in [0.5, 0.6) is 0 Å². The lowest BCUT2D eigenvalue weighted by molar-refractivity contribution is -0.133. The molecule has 5 nitrogen and oxygen atoms in total. The first kappa shape index (κ1) is 21.7. The third-order valence-corrected chi connectivity index (χ3v) is 6.33. The number of aromatic nitrogens is 1. The summed E-state index contributed by atoms with van der Waals surface area (Å²) >= 11 is 0. The van der Waals surface area contributed by atoms with Gasteiger partial charge in [0.05, 0.1) is 5.41 Å². The Bertz CT molecular complexity index is 1110. The molecular weight excluding hydrogens is 405 g/mol. The molecule has 0 unspecified atom stereocenters. The summed E-state index contributed by atoms with van der Waals surface area (Å²) in [6, 6.07) is 17.8. The molecule has 1 fully saturated rings. The monoisotopic (exact) mass is 431 g/mol. The Hall–Kier alpha value is -3.54. The molecule has 0 spiro atoms. The summed E-state index contributed by atoms with van der Waals surface area (Å²) in [6.07, 6.45) is 5.18. The van der Waals surface area contributed by atoms with E-state index in [-0.39, 0.29) is 11.8 Å². The molecule has 0 saturated carbocycles. The topological polar surface area (TPSA) is 62.3 Å². The molecule has 32 heavy (non-hydrogen) atoms. The number of carbonyl (C=O) groups excluding carboxylic acids is 2. The first-order valence-corrected chi connectivity index (χ1v) is 10.8. The van der Waals surface area contributed by atoms with E-state index in [9.17, 15) is 14.0 Å². The summed E-state index contributed by atoms with van der Waals surface area (Å²) in [5, 5.41) is 2.84. The van der Waals surface area contributed by atoms with Crippen molar-refractivity contribution in [1.29, 1.82) is 0 Å². The predicted molar refractivity (Wildman–Crippen MR) is 121 cm³/mol. The van der Waals surface area contributed by atoms with Crippen molar-refractivity contribution in [2.75, 3.05) is 20.1 Å². The second kappa shape index (κ2) is 9.30. The largest absolute Gasteiger partial charge is 0.359 e. The van der Waals surface area contributed by atoms with Gasteiger partial charge in [0.15, 0.2) is 0 Å². The molecule has 1 aliphatic rings. The van der Waals surface area contributed by atoms with Gasteiger partial charge in [-0.2, -0.15) is 0 Å². The van der Waals surface area contributed by atoms with Gasteiger partial charge < -0.3 is 10.2 Å². The molecule has 2 amide bonds. The molecule has 0 radical (unpaired) electrons. The van der Waals surface area contributed by atoms with Gasteiger partial charge in [0.1, 0.15) is 5.82 Å². The van der Waals surface area contributed by atoms with E-state index >= 15 is 0 Å². The number of piperidine rings is 1. The molecule has 0 atom stereocenters. The molecule has 4 rings (SSSR count). The van der Waals surface area contributed by atoms with Gasteiger partial charge in [-0.15, -0.1) is 0 Å². The fourth-order valence-electron chi connectivity index (χ4n) is 4.54. The van der Waals surface area contributed by atoms with Crippen LogP contribution in [0.2, 0.25) is 0 Å². The quantitative estimate of drug-likeness (QED) is 0.662. The number of carbonyl (C=O) groups is 2. The van der Waals surface area contributed by atoms with Crippen LogP contribution >= 0.6 is 0 Å². The molecule has 1 aromatic heterocycles. The van der Waals surface area contributed by atoms with Gasteiger partial charge in [-0.25, -0.2) is 4.39 Å². The molecule has 0 aliphatic carbocycles. The van der Waals surface area contributed by atoms with Crippen molar-refractivity contribution in [2.24, 2.45) is 5.41 Å². The normalized spacial score (nSPS) is 15.2. The van der Waals surface area contributed by atoms with E-state index in [1.54, 1.807) is 30.4 Å². The number of pyridine rings is 1. The highest BCUT2D eigenvalue weighted by molar-refractivity contribution is 5.94. The summed E-state index contributed by atoms with van der Waals surface area (Å²) in [5.74, 6) is -0.646. The highest BCUT2D eigenvalue weighted by Gasteiger charge is 2.42. The van der Waals surface area contributed by atoms with E-state index in [0.717, 1.165) is 16.7 Å². The van der Waals surface area contributed by atoms with E-state index in [1.807, 2.05) is 24.3 Å². The molecule has 6 heteroatoms. The molecule has 3 aromatic rings. The van der Waals surface area contributed by atoms with Gasteiger partial charge in [0.25, 0.3) is 5.91 Å². The third-order valence-electron chi connectivity index (χ3n) is 6.33. The number of rotatable bonds is 5. The number of hydrogen-bond donors (Lipinski definition) is 1. The van der Waals surface area contributed by atoms with Crippen LogP contribution in [-0.4, -0.2) is 41.8 Å². The van der Waals surface area contributed by atoms with Crippen molar-refractivity contribution < 1.29 is 14.0 Å². The third kappa shape index (κ3) is 4.40. The number of hydrogen-bond acceptors (Lipinski definition) is 3. The highest BCUT2D eigenvalue weighted by atomic mass is 19.1. The van der Waals surface area contributed by atoms with Crippen LogP contribution in [0.4, 0.5) is 4.39 Å². The lowest BCUT2D eigenvalue weighted by atomic mass is 9.72. The first-order chi connectivity index (χ1) is 15.5. The van der Waals surface area contributed by atoms with Gasteiger partial charge >= 0.3 is 0 Å². The van der Waals surface area contributed by atoms with Crippen LogP contribution in [0.25, 0.3) is 11.1 Å². The van der Waals surface area contributed by atoms with Crippen LogP contribution in [0.15, 0.2) is 73.1 Å². The maximum Gasteiger partial charge on any atom is 0.253 e. The molecule has 1 aliphatic heterocycles. The SMILES string of the molecule is CNC(=O)C1(Cc2ccccc2-c2ccncc2)CCN(C(=O)c2cccc(F)c2)CC1. The second-order valence-corrected chi connectivity index (χ2v) is 8.23. The van der Waals surface area contributed by atoms with Crippen LogP contribution in [0, 0.1) is 11.2 Å². The van der Waals surface area contributed by atoms with Crippen molar-refractivity contribution in [3.8, 4) is 11.1 Å². The van der Waals surface area contributed by atoms with Crippen molar-refractivity contribution in [2.45, 2.75) is 19.3 Å². The van der Waals surface area contributed by atoms with Crippen molar-refractivity contribution in [3.05, 3.63) is 90.0 Å². The molecule has 1 saturated heterocycles. The second-order valence-electron chi connectivity index (χ2n) is 8.23. The Morgan fingerprint density at radius 2 is 1.75 bits per heavy atom. The fraction of sp³-hybridized carbons (Fsp3) is 0.269. The number of likely N-dealkylation sites (tertiary alicyclic amines) is 1. The Morgan fingerprint density at radius 3 is 2.44 bits per heavy atom. The minimum atomic E-state index is -0.614. The van der Waals surface area contributed by atoms with Gasteiger partial charge in [-0.3, -0.25) is 14.6 Å². The van der Waals surface area contributed by atoms with E-state index in [4.69, 9.17) is 0 Å². The summed E-state index contributed by atoms with van der Waals surface area (Å²) in [5.41, 5.74) is 2.95. The van der Waals surface area contributed by atoms with E-state index in [2.05, 4.69) is 22.4 Å². The van der Waals surface area contributed by atoms with Gasteiger partial charge in [0, 0.05) is 38.1 Å². The summed E-state index contributed by atoms with van der Waals surface area (Å²) in [4.78, 5) is 31.7. The average molecular weight is 432 g/mol. The van der Waals surface area contributed by atoms with Gasteiger partial charge in [-0.05, 0) is 66.3 Å². The molecule has 2 heterocycles. The Kier molecular flexibility index (Phi) is 6.30. The molecule has 2 aromatic carbocycles. The van der Waals surface area contributed by atoms with Crippen LogP contribution < -0.4 is 5.32 Å². The van der Waals surface area contributed by atoms with E-state index in [0.29, 0.717) is 37.9 Å². The van der Waals surface area contributed by atoms with E-state index < -0.39 is 11.2 Å². The molecule has 164 valence electrons. The lowest BCUT2D eigenvalue weighted by Crippen LogP contribution is -2.50. The number of nitrogens with zero attached hydrogens (tertiary/aromatic N) is 2. The average Bonchev–Trinajstić information content (AvgIpc) is 2.84. The Labute approximate surface area is 187 Å². The molecular formula is C26H26FN3O2. The minimum absolute atomic E-state index is 0.0140. The standard InChI is InChI=1S/C26H26FN3O2/c1-28-25(32)26(18-21-5-2-3-8-23(21)19-9-13-29-14-10-19)11-15-30(16-12-26)24(31)20-6-4-7-22(27)17-20/h2-10,13-14,17H,11-12,15-16,18H2,1H3,(H,28,32). The summed E-state index contributed by atoms with van der Waals surface area (Å²) in [6.45, 7) is 0.889. The van der Waals surface area contributed by atoms with Crippen LogP contribution in [-0.2, 0) is 11.2 Å². The van der Waals surface area contributed by atoms with Crippen molar-refractivity contribution in [3.63, 3.8) is 0 Å². The lowest BCUT2D eigenvalue weighted by Gasteiger charge is -2.41. The number of benzene rings is 2. The van der Waals surface area contributed by atoms with Crippen molar-refractivity contribution in [1.82, 2.24) is 15.2 Å². The molecule has 1 N–H and O–H groups in total. The summed E-state index contributed by atoms with van der Waals surface area (Å²) in [7, 11) is 1.66. The Morgan fingerprint density at radius 1 is 1.03 bits per heavy atom. The zero-order chi connectivity index (χ0) is 22.6. The fourth-order valence-corrected chi connectivity index (χ4v) is 4.54.